The van der Waals surface area contributed by atoms with Crippen molar-refractivity contribution >= 4 is 12.0 Å². The van der Waals surface area contributed by atoms with Gasteiger partial charge in [0.1, 0.15) is 5.54 Å². The van der Waals surface area contributed by atoms with Crippen LogP contribution in [0.3, 0.4) is 0 Å². The van der Waals surface area contributed by atoms with E-state index in [0.717, 1.165) is 0 Å². The lowest BCUT2D eigenvalue weighted by Crippen LogP contribution is -2.56. The highest BCUT2D eigenvalue weighted by Gasteiger charge is 2.64. The molecule has 0 radical (unpaired) electrons. The molecule has 0 aliphatic heterocycles. The molecule has 1 aliphatic carbocycles. The number of carbonyl (C=O) groups excluding carboxylic acids is 1. The van der Waals surface area contributed by atoms with Gasteiger partial charge in [-0.25, -0.2) is 9.59 Å². The Bertz CT molecular complexity index is 399. The summed E-state index contributed by atoms with van der Waals surface area (Å²) in [5.41, 5.74) is -0.785. The van der Waals surface area contributed by atoms with E-state index in [9.17, 15) is 14.7 Å². The van der Waals surface area contributed by atoms with Crippen LogP contribution in [0, 0.1) is 16.7 Å². The molecule has 1 fully saturated rings. The number of nitrogens with zero attached hydrogens (tertiary/aromatic N) is 1. The molecular formula is C15H28N2O3. The summed E-state index contributed by atoms with van der Waals surface area (Å²) in [4.78, 5) is 24.9. The largest absolute Gasteiger partial charge is 0.480 e. The number of urea groups is 1. The van der Waals surface area contributed by atoms with Crippen molar-refractivity contribution < 1.29 is 14.7 Å². The van der Waals surface area contributed by atoms with Crippen LogP contribution in [0.25, 0.3) is 0 Å². The molecule has 2 amide bonds. The molecule has 0 heterocycles. The van der Waals surface area contributed by atoms with E-state index in [-0.39, 0.29) is 16.9 Å². The first-order valence-electron chi connectivity index (χ1n) is 7.19. The number of carboxylic acid groups (broad SMARTS) is 1. The summed E-state index contributed by atoms with van der Waals surface area (Å²) >= 11 is 0. The molecule has 1 rings (SSSR count). The average molecular weight is 284 g/mol. The lowest BCUT2D eigenvalue weighted by molar-refractivity contribution is -0.147. The Kier molecular flexibility index (Phi) is 4.14. The number of amides is 2. The first-order chi connectivity index (χ1) is 8.90. The number of carboxylic acids is 1. The van der Waals surface area contributed by atoms with Crippen LogP contribution in [0.1, 0.15) is 48.5 Å². The molecule has 2 N–H and O–H groups in total. The van der Waals surface area contributed by atoms with Gasteiger partial charge < -0.3 is 15.3 Å². The van der Waals surface area contributed by atoms with Gasteiger partial charge in [0, 0.05) is 13.1 Å². The van der Waals surface area contributed by atoms with Crippen LogP contribution >= 0.6 is 0 Å². The van der Waals surface area contributed by atoms with Crippen molar-refractivity contribution in [3.8, 4) is 0 Å². The smallest absolute Gasteiger partial charge is 0.329 e. The van der Waals surface area contributed by atoms with Gasteiger partial charge in [0.15, 0.2) is 0 Å². The summed E-state index contributed by atoms with van der Waals surface area (Å²) in [5.74, 6) is -0.577. The standard InChI is InChI=1S/C15H28N2O3/c1-8-17(15(6,7)11(18)19)12(20)16-9-10-13(2,3)14(10,4)5/h10H,8-9H2,1-7H3,(H,16,20)(H,18,19). The van der Waals surface area contributed by atoms with Crippen molar-refractivity contribution in [2.24, 2.45) is 16.7 Å². The van der Waals surface area contributed by atoms with E-state index in [1.807, 2.05) is 0 Å². The normalized spacial score (nSPS) is 20.4. The minimum atomic E-state index is -1.20. The summed E-state index contributed by atoms with van der Waals surface area (Å²) < 4.78 is 0. The Morgan fingerprint density at radius 3 is 1.95 bits per heavy atom. The quantitative estimate of drug-likeness (QED) is 0.815. The minimum Gasteiger partial charge on any atom is -0.480 e. The van der Waals surface area contributed by atoms with Crippen LogP contribution in [0.2, 0.25) is 0 Å². The van der Waals surface area contributed by atoms with Crippen molar-refractivity contribution in [1.29, 1.82) is 0 Å². The minimum absolute atomic E-state index is 0.208. The fourth-order valence-corrected chi connectivity index (χ4v) is 3.04. The van der Waals surface area contributed by atoms with E-state index < -0.39 is 11.5 Å². The van der Waals surface area contributed by atoms with Crippen LogP contribution < -0.4 is 5.32 Å². The number of likely N-dealkylation sites (N-methyl/N-ethyl adjacent to an activating group) is 1. The van der Waals surface area contributed by atoms with Crippen LogP contribution in [-0.4, -0.2) is 40.6 Å². The monoisotopic (exact) mass is 284 g/mol. The van der Waals surface area contributed by atoms with Crippen molar-refractivity contribution in [2.75, 3.05) is 13.1 Å². The van der Waals surface area contributed by atoms with Crippen LogP contribution in [0.4, 0.5) is 4.79 Å². The fourth-order valence-electron chi connectivity index (χ4n) is 3.04. The van der Waals surface area contributed by atoms with Gasteiger partial charge in [0.25, 0.3) is 0 Å². The third-order valence-corrected chi connectivity index (χ3v) is 5.54. The summed E-state index contributed by atoms with van der Waals surface area (Å²) in [6.07, 6.45) is 0. The van der Waals surface area contributed by atoms with Crippen LogP contribution in [0.5, 0.6) is 0 Å². The molecular weight excluding hydrogens is 256 g/mol. The number of hydrogen-bond acceptors (Lipinski definition) is 2. The van der Waals surface area contributed by atoms with E-state index in [1.165, 1.54) is 4.90 Å². The predicted octanol–water partition coefficient (Wildman–Crippen LogP) is 2.56. The first-order valence-corrected chi connectivity index (χ1v) is 7.19. The van der Waals surface area contributed by atoms with Crippen molar-refractivity contribution in [3.63, 3.8) is 0 Å². The molecule has 0 aromatic rings. The van der Waals surface area contributed by atoms with Crippen molar-refractivity contribution in [1.82, 2.24) is 10.2 Å². The molecule has 116 valence electrons. The molecule has 5 nitrogen and oxygen atoms in total. The zero-order valence-corrected chi connectivity index (χ0v) is 13.7. The van der Waals surface area contributed by atoms with E-state index in [2.05, 4.69) is 33.0 Å². The maximum Gasteiger partial charge on any atom is 0.329 e. The van der Waals surface area contributed by atoms with Crippen molar-refractivity contribution in [2.45, 2.75) is 54.0 Å². The zero-order chi connectivity index (χ0) is 15.9. The Balaban J connectivity index is 2.65. The predicted molar refractivity (Wildman–Crippen MR) is 78.5 cm³/mol. The summed E-state index contributed by atoms with van der Waals surface area (Å²) in [6, 6.07) is -0.307. The van der Waals surface area contributed by atoms with E-state index in [1.54, 1.807) is 20.8 Å². The molecule has 0 aromatic carbocycles. The zero-order valence-electron chi connectivity index (χ0n) is 13.7. The Morgan fingerprint density at radius 2 is 1.65 bits per heavy atom. The highest BCUT2D eigenvalue weighted by atomic mass is 16.4. The molecule has 0 atom stereocenters. The molecule has 0 bridgehead atoms. The van der Waals surface area contributed by atoms with Gasteiger partial charge in [-0.1, -0.05) is 27.7 Å². The highest BCUT2D eigenvalue weighted by Crippen LogP contribution is 2.67. The van der Waals surface area contributed by atoms with E-state index >= 15 is 0 Å². The van der Waals surface area contributed by atoms with E-state index in [0.29, 0.717) is 19.0 Å². The average Bonchev–Trinajstić information content (AvgIpc) is 2.67. The van der Waals surface area contributed by atoms with Gasteiger partial charge in [-0.05, 0) is 37.5 Å². The summed E-state index contributed by atoms with van der Waals surface area (Å²) in [7, 11) is 0. The van der Waals surface area contributed by atoms with E-state index in [4.69, 9.17) is 0 Å². The van der Waals surface area contributed by atoms with Crippen molar-refractivity contribution in [3.05, 3.63) is 0 Å². The number of rotatable bonds is 5. The van der Waals surface area contributed by atoms with Gasteiger partial charge in [-0.2, -0.15) is 0 Å². The SMILES string of the molecule is CCN(C(=O)NCC1C(C)(C)C1(C)C)C(C)(C)C(=O)O. The molecule has 20 heavy (non-hydrogen) atoms. The number of aliphatic carboxylic acids is 1. The molecule has 1 aliphatic rings. The second-order valence-electron chi connectivity index (χ2n) is 7.29. The third kappa shape index (κ3) is 2.50. The molecule has 0 saturated heterocycles. The maximum absolute atomic E-state index is 12.2. The Labute approximate surface area is 121 Å². The second kappa shape index (κ2) is 4.93. The molecule has 5 heteroatoms. The highest BCUT2D eigenvalue weighted by molar-refractivity contribution is 5.85. The van der Waals surface area contributed by atoms with Gasteiger partial charge in [-0.3, -0.25) is 0 Å². The van der Waals surface area contributed by atoms with Gasteiger partial charge in [0.2, 0.25) is 0 Å². The van der Waals surface area contributed by atoms with Gasteiger partial charge >= 0.3 is 12.0 Å². The third-order valence-electron chi connectivity index (χ3n) is 5.54. The first kappa shape index (κ1) is 16.8. The fraction of sp³-hybridized carbons (Fsp3) is 0.867. The Morgan fingerprint density at radius 1 is 1.20 bits per heavy atom. The van der Waals surface area contributed by atoms with Gasteiger partial charge in [-0.15, -0.1) is 0 Å². The van der Waals surface area contributed by atoms with Crippen LogP contribution in [0.15, 0.2) is 0 Å². The lowest BCUT2D eigenvalue weighted by atomic mass is 10.0. The number of carbonyl (C=O) groups is 2. The molecule has 1 saturated carbocycles. The van der Waals surface area contributed by atoms with Gasteiger partial charge in [0.05, 0.1) is 0 Å². The Hall–Kier alpha value is -1.26. The van der Waals surface area contributed by atoms with Crippen LogP contribution in [-0.2, 0) is 4.79 Å². The topological polar surface area (TPSA) is 69.6 Å². The lowest BCUT2D eigenvalue weighted by Gasteiger charge is -2.34. The molecule has 0 unspecified atom stereocenters. The summed E-state index contributed by atoms with van der Waals surface area (Å²) in [6.45, 7) is 14.6. The number of nitrogens with one attached hydrogen (secondary N) is 1. The number of hydrogen-bond donors (Lipinski definition) is 2. The second-order valence-corrected chi connectivity index (χ2v) is 7.29. The summed E-state index contributed by atoms with van der Waals surface area (Å²) in [5, 5.41) is 12.1. The molecule has 0 spiro atoms. The maximum atomic E-state index is 12.2. The molecule has 0 aromatic heterocycles.